The monoisotopic (exact) mass is 1250 g/mol. The molecule has 0 bridgehead atoms. The smallest absolute Gasteiger partial charge is 0.335 e. The first-order valence-electron chi connectivity index (χ1n) is 29.3. The van der Waals surface area contributed by atoms with Crippen molar-refractivity contribution in [2.45, 2.75) is 194 Å². The maximum absolute atomic E-state index is 14.8. The molecule has 0 aromatic carbocycles. The lowest BCUT2D eigenvalue weighted by Gasteiger charge is -2.34. The molecule has 11 amide bonds. The topological polar surface area (TPSA) is 507 Å². The van der Waals surface area contributed by atoms with Crippen LogP contribution in [-0.2, 0) is 71.9 Å². The van der Waals surface area contributed by atoms with Gasteiger partial charge < -0.3 is 89.3 Å². The molecule has 2 saturated heterocycles. The van der Waals surface area contributed by atoms with Crippen molar-refractivity contribution < 1.29 is 97.5 Å². The van der Waals surface area contributed by atoms with E-state index in [-0.39, 0.29) is 51.6 Å². The number of rotatable bonds is 23. The molecule has 0 aromatic heterocycles. The normalized spacial score (nSPS) is 25.9. The number of hydrogen-bond acceptors (Lipinski definition) is 17. The Bertz CT molecular complexity index is 2580. The third-order valence-electron chi connectivity index (χ3n) is 14.8. The Hall–Kier alpha value is -8.29. The minimum Gasteiger partial charge on any atom is -0.481 e. The number of nitrogens with two attached hydrogens (primary N) is 1. The zero-order valence-electron chi connectivity index (χ0n) is 51.3. The van der Waals surface area contributed by atoms with Crippen molar-refractivity contribution in [3.05, 3.63) is 12.2 Å². The number of carbonyl (C=O) groups excluding carboxylic acids is 11. The average molecular weight is 1250 g/mol. The minimum atomic E-state index is -2.83. The second kappa shape index (κ2) is 36.1. The molecular formula is C56H90N12O20. The minimum absolute atomic E-state index is 0.0213. The van der Waals surface area contributed by atoms with Crippen LogP contribution >= 0.6 is 0 Å². The summed E-state index contributed by atoms with van der Waals surface area (Å²) < 4.78 is 0. The summed E-state index contributed by atoms with van der Waals surface area (Å²) in [6, 6.07) is -18.5. The molecule has 2 rings (SSSR count). The molecule has 0 saturated carbocycles. The molecule has 0 radical (unpaired) electrons. The van der Waals surface area contributed by atoms with E-state index in [1.807, 2.05) is 35.9 Å². The first-order valence-corrected chi connectivity index (χ1v) is 29.3. The third-order valence-corrected chi connectivity index (χ3v) is 14.8. The predicted molar refractivity (Wildman–Crippen MR) is 310 cm³/mol. The van der Waals surface area contributed by atoms with Crippen molar-refractivity contribution in [2.75, 3.05) is 19.6 Å². The SMILES string of the molecule is CC(C)CC/C=C\CCC(=O)N[C@H](C(=O)N[C@@H]1C(=O)N[C@H](C(C)C)C(=O)N[C@@H](CCCCN)C(=O)N[C@@H](C(O)C(=O)O)C(=O)N[C@@H](CC(=O)O)C(=O)NCC(=O)N[C@H](C(C)C(=O)O)C(=O)N[C@@H](C(C)C)C(=O)N2C[C@H](C)C[C@H]2C(=O)NC1C)C(C)C(=O)O. The van der Waals surface area contributed by atoms with Crippen LogP contribution in [0, 0.1) is 35.5 Å². The van der Waals surface area contributed by atoms with Crippen LogP contribution in [0.15, 0.2) is 12.2 Å². The van der Waals surface area contributed by atoms with Gasteiger partial charge in [0.1, 0.15) is 54.4 Å². The van der Waals surface area contributed by atoms with Crippen molar-refractivity contribution in [2.24, 2.45) is 41.2 Å². The summed E-state index contributed by atoms with van der Waals surface area (Å²) in [7, 11) is 0. The third kappa shape index (κ3) is 23.8. The first-order chi connectivity index (χ1) is 41.0. The highest BCUT2D eigenvalue weighted by Gasteiger charge is 2.46. The molecule has 17 N–H and O–H groups in total. The molecule has 0 aromatic rings. The number of aliphatic hydroxyl groups is 1. The number of fused-ring (bicyclic) bond motifs is 1. The summed E-state index contributed by atoms with van der Waals surface area (Å²) in [5, 5.41) is 73.3. The number of carbonyl (C=O) groups is 15. The lowest BCUT2D eigenvalue weighted by molar-refractivity contribution is -0.153. The highest BCUT2D eigenvalue weighted by molar-refractivity contribution is 6.01. The van der Waals surface area contributed by atoms with Gasteiger partial charge in [0, 0.05) is 13.0 Å². The summed E-state index contributed by atoms with van der Waals surface area (Å²) in [6.07, 6.45) is 1.11. The van der Waals surface area contributed by atoms with E-state index in [0.717, 1.165) is 31.6 Å². The highest BCUT2D eigenvalue weighted by Crippen LogP contribution is 2.26. The summed E-state index contributed by atoms with van der Waals surface area (Å²) >= 11 is 0. The van der Waals surface area contributed by atoms with E-state index in [4.69, 9.17) is 5.73 Å². The van der Waals surface area contributed by atoms with E-state index >= 15 is 0 Å². The van der Waals surface area contributed by atoms with Crippen LogP contribution in [0.5, 0.6) is 0 Å². The number of carboxylic acid groups (broad SMARTS) is 4. The van der Waals surface area contributed by atoms with Crippen molar-refractivity contribution in [3.8, 4) is 0 Å². The molecule has 2 fully saturated rings. The van der Waals surface area contributed by atoms with Gasteiger partial charge in [-0.25, -0.2) is 4.79 Å². The van der Waals surface area contributed by atoms with Crippen LogP contribution in [0.1, 0.15) is 127 Å². The molecule has 2 aliphatic heterocycles. The fourth-order valence-electron chi connectivity index (χ4n) is 9.43. The lowest BCUT2D eigenvalue weighted by Crippen LogP contribution is -2.65. The molecule has 494 valence electrons. The molecule has 14 atom stereocenters. The fraction of sp³-hybridized carbons (Fsp3) is 0.696. The Morgan fingerprint density at radius 2 is 1.20 bits per heavy atom. The second-order valence-corrected chi connectivity index (χ2v) is 23.4. The highest BCUT2D eigenvalue weighted by atomic mass is 16.4. The van der Waals surface area contributed by atoms with Crippen molar-refractivity contribution in [1.29, 1.82) is 0 Å². The predicted octanol–water partition coefficient (Wildman–Crippen LogP) is -3.69. The Morgan fingerprint density at radius 1 is 0.636 bits per heavy atom. The second-order valence-electron chi connectivity index (χ2n) is 23.4. The quantitative estimate of drug-likeness (QED) is 0.0346. The van der Waals surface area contributed by atoms with Crippen LogP contribution in [0.3, 0.4) is 0 Å². The molecule has 0 spiro atoms. The zero-order valence-corrected chi connectivity index (χ0v) is 51.3. The van der Waals surface area contributed by atoms with E-state index in [1.54, 1.807) is 13.0 Å². The van der Waals surface area contributed by atoms with Crippen LogP contribution in [0.4, 0.5) is 0 Å². The van der Waals surface area contributed by atoms with Gasteiger partial charge in [0.05, 0.1) is 30.8 Å². The molecule has 2 aliphatic rings. The van der Waals surface area contributed by atoms with E-state index in [0.29, 0.717) is 5.92 Å². The fourth-order valence-corrected chi connectivity index (χ4v) is 9.43. The molecule has 88 heavy (non-hydrogen) atoms. The van der Waals surface area contributed by atoms with E-state index in [9.17, 15) is 97.5 Å². The van der Waals surface area contributed by atoms with Gasteiger partial charge in [-0.2, -0.15) is 0 Å². The van der Waals surface area contributed by atoms with Crippen LogP contribution in [-0.4, -0.2) is 205 Å². The van der Waals surface area contributed by atoms with Crippen molar-refractivity contribution in [1.82, 2.24) is 58.1 Å². The summed E-state index contributed by atoms with van der Waals surface area (Å²) in [5.74, 6) is -25.3. The molecule has 32 nitrogen and oxygen atoms in total. The number of aliphatic carboxylic acids is 4. The summed E-state index contributed by atoms with van der Waals surface area (Å²) in [5.41, 5.74) is 5.69. The number of nitrogens with one attached hydrogen (secondary N) is 10. The van der Waals surface area contributed by atoms with Gasteiger partial charge in [-0.05, 0) is 95.9 Å². The number of allylic oxidation sites excluding steroid dienone is 2. The lowest BCUT2D eigenvalue weighted by atomic mass is 9.97. The van der Waals surface area contributed by atoms with Gasteiger partial charge in [0.2, 0.25) is 65.0 Å². The van der Waals surface area contributed by atoms with Gasteiger partial charge in [-0.1, -0.05) is 60.6 Å². The summed E-state index contributed by atoms with van der Waals surface area (Å²) in [4.78, 5) is 205. The van der Waals surface area contributed by atoms with Crippen molar-refractivity contribution >= 4 is 88.9 Å². The average Bonchev–Trinajstić information content (AvgIpc) is 1.69. The van der Waals surface area contributed by atoms with Gasteiger partial charge >= 0.3 is 23.9 Å². The molecule has 2 heterocycles. The molecule has 32 heteroatoms. The Morgan fingerprint density at radius 3 is 1.76 bits per heavy atom. The maximum Gasteiger partial charge on any atom is 0.335 e. The zero-order chi connectivity index (χ0) is 67.0. The maximum atomic E-state index is 14.8. The first kappa shape index (κ1) is 75.8. The Kier molecular flexibility index (Phi) is 31.1. The largest absolute Gasteiger partial charge is 0.481 e. The number of hydrogen-bond donors (Lipinski definition) is 16. The van der Waals surface area contributed by atoms with Crippen molar-refractivity contribution in [3.63, 3.8) is 0 Å². The van der Waals surface area contributed by atoms with Gasteiger partial charge in [0.25, 0.3) is 0 Å². The number of carboxylic acids is 4. The van der Waals surface area contributed by atoms with Gasteiger partial charge in [0.15, 0.2) is 6.10 Å². The van der Waals surface area contributed by atoms with Crippen LogP contribution < -0.4 is 58.9 Å². The number of nitrogens with zero attached hydrogens (tertiary/aromatic N) is 1. The van der Waals surface area contributed by atoms with Crippen LogP contribution in [0.2, 0.25) is 0 Å². The van der Waals surface area contributed by atoms with Crippen LogP contribution in [0.25, 0.3) is 0 Å². The Balaban J connectivity index is 2.95. The standard InChI is InChI=1S/C56H90N12O20/c1-25(2)17-13-11-12-14-19-35(69)62-40(29(8)54(83)84)50(79)66-42-31(10)59-47(76)34-21-28(7)24-68(34)53(82)39(27(5)6)65-49(78)41(30(9)55(85)86)63-36(70)23-58-45(74)33(22-37(71)72)61-52(81)43(44(73)56(87)88)67-46(75)32(18-15-16-20-57)60-48(77)38(26(3)4)64-51(42)80/h11-12,25-34,38-44,73H,13-24,57H2,1-10H3,(H,58,74)(H,59,76)(H,60,77)(H,61,81)(H,62,69)(H,63,70)(H,64,80)(H,65,78)(H,66,79)(H,67,75)(H,71,72)(H,83,84)(H,85,86)(H,87,88)/b12-11-/t28-,29?,30?,31?,32+,33+,34+,38-,39+,40+,41-,42+,43+,44?/m1/s1. The number of aliphatic hydroxyl groups excluding tert-OH is 1. The molecular weight excluding hydrogens is 1160 g/mol. The van der Waals surface area contributed by atoms with Gasteiger partial charge in [-0.3, -0.25) is 67.1 Å². The van der Waals surface area contributed by atoms with Gasteiger partial charge in [-0.15, -0.1) is 0 Å². The summed E-state index contributed by atoms with van der Waals surface area (Å²) in [6.45, 7) is 13.9. The molecule has 0 aliphatic carbocycles. The Labute approximate surface area is 509 Å². The van der Waals surface area contributed by atoms with E-state index in [1.165, 1.54) is 34.6 Å². The van der Waals surface area contributed by atoms with E-state index in [2.05, 4.69) is 37.2 Å². The number of unbranched alkanes of at least 4 members (excludes halogenated alkanes) is 1. The van der Waals surface area contributed by atoms with E-state index < -0.39 is 198 Å². The molecule has 4 unspecified atom stereocenters. The number of amides is 11.